The van der Waals surface area contributed by atoms with Gasteiger partial charge in [0.15, 0.2) is 0 Å². The Morgan fingerprint density at radius 1 is 1.56 bits per heavy atom. The largest absolute Gasteiger partial charge is 0.358 e. The molecule has 2 aromatic rings. The predicted octanol–water partition coefficient (Wildman–Crippen LogP) is 1.53. The van der Waals surface area contributed by atoms with Crippen molar-refractivity contribution in [3.05, 3.63) is 18.5 Å². The first-order chi connectivity index (χ1) is 7.84. The molecule has 84 valence electrons. The van der Waals surface area contributed by atoms with Crippen molar-refractivity contribution >= 4 is 17.0 Å². The minimum Gasteiger partial charge on any atom is -0.358 e. The second-order valence-corrected chi connectivity index (χ2v) is 4.03. The molecule has 0 amide bonds. The average molecular weight is 218 g/mol. The van der Waals surface area contributed by atoms with E-state index in [4.69, 9.17) is 4.74 Å². The molecule has 0 saturated carbocycles. The third-order valence-corrected chi connectivity index (χ3v) is 2.94. The summed E-state index contributed by atoms with van der Waals surface area (Å²) in [5, 5.41) is 1.03. The van der Waals surface area contributed by atoms with E-state index in [-0.39, 0.29) is 6.23 Å². The van der Waals surface area contributed by atoms with Crippen LogP contribution in [0.1, 0.15) is 12.8 Å². The van der Waals surface area contributed by atoms with Crippen molar-refractivity contribution in [3.8, 4) is 0 Å². The van der Waals surface area contributed by atoms with Crippen LogP contribution in [-0.2, 0) is 4.74 Å². The first-order valence-electron chi connectivity index (χ1n) is 5.49. The zero-order valence-corrected chi connectivity index (χ0v) is 9.18. The summed E-state index contributed by atoms with van der Waals surface area (Å²) in [4.78, 5) is 13.9. The molecule has 5 nitrogen and oxygen atoms in total. The van der Waals surface area contributed by atoms with Crippen LogP contribution in [0.2, 0.25) is 0 Å². The Kier molecular flexibility index (Phi) is 2.25. The van der Waals surface area contributed by atoms with Crippen LogP contribution in [0.25, 0.3) is 11.0 Å². The molecule has 0 unspecified atom stereocenters. The Labute approximate surface area is 93.5 Å². The second-order valence-electron chi connectivity index (χ2n) is 4.03. The first kappa shape index (κ1) is 9.59. The van der Waals surface area contributed by atoms with E-state index in [2.05, 4.69) is 15.0 Å². The number of aromatic amines is 1. The van der Waals surface area contributed by atoms with Gasteiger partial charge in [-0.05, 0) is 18.9 Å². The zero-order valence-electron chi connectivity index (χ0n) is 9.18. The summed E-state index contributed by atoms with van der Waals surface area (Å²) in [5.74, 6) is 0.710. The monoisotopic (exact) mass is 218 g/mol. The van der Waals surface area contributed by atoms with Crippen LogP contribution in [0.15, 0.2) is 18.5 Å². The number of aromatic nitrogens is 3. The fraction of sp³-hybridized carbons (Fsp3) is 0.455. The molecule has 0 aromatic carbocycles. The topological polar surface area (TPSA) is 54.0 Å². The normalized spacial score (nSPS) is 20.4. The Morgan fingerprint density at radius 3 is 3.31 bits per heavy atom. The highest BCUT2D eigenvalue weighted by Gasteiger charge is 2.22. The summed E-state index contributed by atoms with van der Waals surface area (Å²) in [5.41, 5.74) is 0.870. The molecule has 0 radical (unpaired) electrons. The fourth-order valence-electron chi connectivity index (χ4n) is 1.99. The smallest absolute Gasteiger partial charge is 0.229 e. The number of anilines is 1. The van der Waals surface area contributed by atoms with E-state index < -0.39 is 0 Å². The van der Waals surface area contributed by atoms with Gasteiger partial charge in [0.05, 0.1) is 0 Å². The summed E-state index contributed by atoms with van der Waals surface area (Å²) in [6.07, 6.45) is 5.98. The predicted molar refractivity (Wildman–Crippen MR) is 61.3 cm³/mol. The molecule has 0 bridgehead atoms. The number of nitrogens with zero attached hydrogens (tertiary/aromatic N) is 3. The Hall–Kier alpha value is -1.62. The average Bonchev–Trinajstić information content (AvgIpc) is 2.98. The van der Waals surface area contributed by atoms with Gasteiger partial charge in [0.25, 0.3) is 0 Å². The molecule has 1 aliphatic heterocycles. The number of fused-ring (bicyclic) bond motifs is 1. The summed E-state index contributed by atoms with van der Waals surface area (Å²) in [7, 11) is 1.97. The Balaban J connectivity index is 1.91. The zero-order chi connectivity index (χ0) is 11.0. The molecule has 1 saturated heterocycles. The lowest BCUT2D eigenvalue weighted by Gasteiger charge is -2.23. The maximum absolute atomic E-state index is 5.60. The lowest BCUT2D eigenvalue weighted by molar-refractivity contribution is 0.110. The molecule has 3 rings (SSSR count). The highest BCUT2D eigenvalue weighted by Crippen LogP contribution is 2.20. The molecule has 0 aliphatic carbocycles. The van der Waals surface area contributed by atoms with Gasteiger partial charge in [-0.3, -0.25) is 0 Å². The molecule has 1 fully saturated rings. The van der Waals surface area contributed by atoms with E-state index >= 15 is 0 Å². The molecular formula is C11H14N4O. The number of rotatable bonds is 2. The van der Waals surface area contributed by atoms with Gasteiger partial charge in [-0.1, -0.05) is 0 Å². The minimum atomic E-state index is 0.118. The standard InChI is InChI=1S/C11H14N4O/c1-15(9-3-2-6-16-9)11-13-7-8-4-5-12-10(8)14-11/h4-5,7,9H,2-3,6H2,1H3,(H,12,13,14)/t9-/m0/s1. The first-order valence-corrected chi connectivity index (χ1v) is 5.49. The quantitative estimate of drug-likeness (QED) is 0.830. The maximum Gasteiger partial charge on any atom is 0.229 e. The lowest BCUT2D eigenvalue weighted by Crippen LogP contribution is -2.32. The molecule has 1 atom stereocenters. The van der Waals surface area contributed by atoms with E-state index in [1.807, 2.05) is 30.4 Å². The summed E-state index contributed by atoms with van der Waals surface area (Å²) in [6.45, 7) is 0.833. The number of hydrogen-bond acceptors (Lipinski definition) is 4. The van der Waals surface area contributed by atoms with E-state index in [0.717, 1.165) is 30.5 Å². The van der Waals surface area contributed by atoms with E-state index in [9.17, 15) is 0 Å². The van der Waals surface area contributed by atoms with Gasteiger partial charge < -0.3 is 14.6 Å². The van der Waals surface area contributed by atoms with Gasteiger partial charge in [-0.15, -0.1) is 0 Å². The van der Waals surface area contributed by atoms with Crippen LogP contribution >= 0.6 is 0 Å². The molecule has 1 N–H and O–H groups in total. The second kappa shape index (κ2) is 3.75. The van der Waals surface area contributed by atoms with Gasteiger partial charge in [-0.25, -0.2) is 4.98 Å². The molecular weight excluding hydrogens is 204 g/mol. The van der Waals surface area contributed by atoms with Gasteiger partial charge in [0.2, 0.25) is 5.95 Å². The van der Waals surface area contributed by atoms with Crippen molar-refractivity contribution in [2.24, 2.45) is 0 Å². The third-order valence-electron chi connectivity index (χ3n) is 2.94. The highest BCUT2D eigenvalue weighted by molar-refractivity contribution is 5.75. The summed E-state index contributed by atoms with van der Waals surface area (Å²) in [6, 6.07) is 1.96. The van der Waals surface area contributed by atoms with Crippen molar-refractivity contribution in [3.63, 3.8) is 0 Å². The van der Waals surface area contributed by atoms with Crippen molar-refractivity contribution < 1.29 is 4.74 Å². The number of nitrogens with one attached hydrogen (secondary N) is 1. The van der Waals surface area contributed by atoms with Crippen molar-refractivity contribution in [2.45, 2.75) is 19.1 Å². The molecule has 5 heteroatoms. The third kappa shape index (κ3) is 1.53. The van der Waals surface area contributed by atoms with Crippen LogP contribution in [0, 0.1) is 0 Å². The SMILES string of the molecule is CN(c1ncc2cc[nH]c2n1)[C@@H]1CCCO1. The summed E-state index contributed by atoms with van der Waals surface area (Å²) >= 11 is 0. The van der Waals surface area contributed by atoms with Crippen LogP contribution in [-0.4, -0.2) is 34.8 Å². The van der Waals surface area contributed by atoms with E-state index in [0.29, 0.717) is 5.95 Å². The van der Waals surface area contributed by atoms with Crippen molar-refractivity contribution in [2.75, 3.05) is 18.6 Å². The van der Waals surface area contributed by atoms with E-state index in [1.165, 1.54) is 0 Å². The minimum absolute atomic E-state index is 0.118. The number of hydrogen-bond donors (Lipinski definition) is 1. The van der Waals surface area contributed by atoms with Gasteiger partial charge in [-0.2, -0.15) is 4.98 Å². The lowest BCUT2D eigenvalue weighted by atomic mass is 10.3. The maximum atomic E-state index is 5.60. The molecule has 1 aliphatic rings. The molecule has 16 heavy (non-hydrogen) atoms. The Morgan fingerprint density at radius 2 is 2.50 bits per heavy atom. The van der Waals surface area contributed by atoms with Gasteiger partial charge in [0, 0.05) is 31.4 Å². The molecule has 2 aromatic heterocycles. The number of ether oxygens (including phenoxy) is 1. The van der Waals surface area contributed by atoms with Crippen LogP contribution < -0.4 is 4.90 Å². The van der Waals surface area contributed by atoms with Crippen LogP contribution in [0.5, 0.6) is 0 Å². The Bertz CT molecular complexity index is 489. The molecule has 3 heterocycles. The van der Waals surface area contributed by atoms with Crippen LogP contribution in [0.4, 0.5) is 5.95 Å². The molecule has 0 spiro atoms. The highest BCUT2D eigenvalue weighted by atomic mass is 16.5. The van der Waals surface area contributed by atoms with E-state index in [1.54, 1.807) is 0 Å². The van der Waals surface area contributed by atoms with Gasteiger partial charge >= 0.3 is 0 Å². The van der Waals surface area contributed by atoms with Crippen molar-refractivity contribution in [1.82, 2.24) is 15.0 Å². The summed E-state index contributed by atoms with van der Waals surface area (Å²) < 4.78 is 5.60. The van der Waals surface area contributed by atoms with Crippen molar-refractivity contribution in [1.29, 1.82) is 0 Å². The number of H-pyrrole nitrogens is 1. The fourth-order valence-corrected chi connectivity index (χ4v) is 1.99. The van der Waals surface area contributed by atoms with Gasteiger partial charge in [0.1, 0.15) is 11.9 Å². The van der Waals surface area contributed by atoms with Crippen LogP contribution in [0.3, 0.4) is 0 Å².